The van der Waals surface area contributed by atoms with Crippen molar-refractivity contribution in [2.45, 2.75) is 70.9 Å². The average Bonchev–Trinajstić information content (AvgIpc) is 2.47. The number of rotatable bonds is 7. The maximum absolute atomic E-state index is 6.15. The summed E-state index contributed by atoms with van der Waals surface area (Å²) in [5, 5.41) is 3.55. The van der Waals surface area contributed by atoms with Crippen LogP contribution in [0.1, 0.15) is 57.9 Å². The van der Waals surface area contributed by atoms with E-state index in [0.29, 0.717) is 12.1 Å². The number of unbranched alkanes of at least 4 members (excludes halogenated alkanes) is 1. The fraction of sp³-hybridized carbons (Fsp3) is 0.667. The molecule has 2 atom stereocenters. The Bertz CT molecular complexity index is 372. The topological polar surface area (TPSA) is 21.3 Å². The highest BCUT2D eigenvalue weighted by atomic mass is 16.5. The second-order valence-corrected chi connectivity index (χ2v) is 5.91. The van der Waals surface area contributed by atoms with Crippen molar-refractivity contribution in [1.29, 1.82) is 0 Å². The summed E-state index contributed by atoms with van der Waals surface area (Å²) in [7, 11) is 0. The fourth-order valence-corrected chi connectivity index (χ4v) is 3.03. The van der Waals surface area contributed by atoms with Crippen molar-refractivity contribution in [2.75, 3.05) is 6.54 Å². The third-order valence-corrected chi connectivity index (χ3v) is 4.16. The van der Waals surface area contributed by atoms with Crippen LogP contribution in [0.25, 0.3) is 0 Å². The molecule has 2 rings (SSSR count). The Morgan fingerprint density at radius 1 is 1.15 bits per heavy atom. The van der Waals surface area contributed by atoms with E-state index in [4.69, 9.17) is 4.74 Å². The van der Waals surface area contributed by atoms with Gasteiger partial charge in [-0.25, -0.2) is 0 Å². The van der Waals surface area contributed by atoms with E-state index in [1.807, 2.05) is 0 Å². The number of ether oxygens (including phenoxy) is 1. The monoisotopic (exact) mass is 275 g/mol. The summed E-state index contributed by atoms with van der Waals surface area (Å²) in [4.78, 5) is 0. The van der Waals surface area contributed by atoms with Crippen LogP contribution in [0.2, 0.25) is 0 Å². The van der Waals surface area contributed by atoms with E-state index in [2.05, 4.69) is 43.4 Å². The predicted octanol–water partition coefficient (Wildman–Crippen LogP) is 4.33. The molecule has 1 aromatic rings. The Labute approximate surface area is 123 Å². The molecule has 0 spiro atoms. The van der Waals surface area contributed by atoms with E-state index in [1.165, 1.54) is 44.1 Å². The number of hydrogen-bond donors (Lipinski definition) is 1. The molecule has 0 aromatic heterocycles. The first-order chi connectivity index (χ1) is 9.81. The fourth-order valence-electron chi connectivity index (χ4n) is 3.03. The molecule has 2 heteroatoms. The molecule has 2 unspecified atom stereocenters. The molecule has 0 aliphatic heterocycles. The Hall–Kier alpha value is -1.02. The summed E-state index contributed by atoms with van der Waals surface area (Å²) < 4.78 is 6.15. The third kappa shape index (κ3) is 4.82. The van der Waals surface area contributed by atoms with Gasteiger partial charge in [0.05, 0.1) is 0 Å². The van der Waals surface area contributed by atoms with Gasteiger partial charge in [-0.15, -0.1) is 0 Å². The van der Waals surface area contributed by atoms with Gasteiger partial charge < -0.3 is 10.1 Å². The molecular weight excluding hydrogens is 246 g/mol. The lowest BCUT2D eigenvalue weighted by Gasteiger charge is -2.30. The molecule has 2 nitrogen and oxygen atoms in total. The van der Waals surface area contributed by atoms with E-state index in [9.17, 15) is 0 Å². The number of nitrogens with one attached hydrogen (secondary N) is 1. The lowest BCUT2D eigenvalue weighted by molar-refractivity contribution is 0.135. The van der Waals surface area contributed by atoms with Crippen LogP contribution in [-0.2, 0) is 6.42 Å². The molecule has 0 bridgehead atoms. The number of aryl methyl sites for hydroxylation is 1. The highest BCUT2D eigenvalue weighted by molar-refractivity contribution is 5.27. The minimum absolute atomic E-state index is 0.384. The van der Waals surface area contributed by atoms with E-state index >= 15 is 0 Å². The minimum Gasteiger partial charge on any atom is -0.490 e. The van der Waals surface area contributed by atoms with E-state index in [-0.39, 0.29) is 0 Å². The first-order valence-corrected chi connectivity index (χ1v) is 8.30. The Morgan fingerprint density at radius 3 is 2.65 bits per heavy atom. The Balaban J connectivity index is 1.83. The van der Waals surface area contributed by atoms with Crippen LogP contribution in [0.3, 0.4) is 0 Å². The molecule has 1 aromatic carbocycles. The summed E-state index contributed by atoms with van der Waals surface area (Å²) in [5.74, 6) is 1.03. The Kier molecular flexibility index (Phi) is 6.38. The summed E-state index contributed by atoms with van der Waals surface area (Å²) in [5.41, 5.74) is 1.42. The van der Waals surface area contributed by atoms with Crippen molar-refractivity contribution in [2.24, 2.45) is 0 Å². The van der Waals surface area contributed by atoms with Gasteiger partial charge in [0, 0.05) is 6.04 Å². The zero-order valence-corrected chi connectivity index (χ0v) is 13.0. The summed E-state index contributed by atoms with van der Waals surface area (Å²) in [6.45, 7) is 5.48. The molecule has 0 heterocycles. The highest BCUT2D eigenvalue weighted by Crippen LogP contribution is 2.24. The first kappa shape index (κ1) is 15.4. The first-order valence-electron chi connectivity index (χ1n) is 8.30. The van der Waals surface area contributed by atoms with Crippen LogP contribution in [0.4, 0.5) is 0 Å². The second-order valence-electron chi connectivity index (χ2n) is 5.91. The van der Waals surface area contributed by atoms with Crippen LogP contribution in [-0.4, -0.2) is 18.7 Å². The van der Waals surface area contributed by atoms with Crippen molar-refractivity contribution in [1.82, 2.24) is 5.32 Å². The predicted molar refractivity (Wildman–Crippen MR) is 85.4 cm³/mol. The zero-order chi connectivity index (χ0) is 14.2. The van der Waals surface area contributed by atoms with Gasteiger partial charge in [-0.3, -0.25) is 0 Å². The average molecular weight is 275 g/mol. The Morgan fingerprint density at radius 2 is 1.95 bits per heavy atom. The van der Waals surface area contributed by atoms with Crippen LogP contribution >= 0.6 is 0 Å². The van der Waals surface area contributed by atoms with Crippen LogP contribution in [0, 0.1) is 0 Å². The van der Waals surface area contributed by atoms with Crippen molar-refractivity contribution in [3.63, 3.8) is 0 Å². The maximum Gasteiger partial charge on any atom is 0.119 e. The summed E-state index contributed by atoms with van der Waals surface area (Å²) >= 11 is 0. The molecule has 20 heavy (non-hydrogen) atoms. The standard InChI is InChI=1S/C18H29NO/c1-3-5-7-15-10-12-17(13-11-15)20-18-9-6-8-16(14-18)19-4-2/h10-13,16,18-19H,3-9,14H2,1-2H3. The van der Waals surface area contributed by atoms with Gasteiger partial charge >= 0.3 is 0 Å². The molecule has 0 saturated heterocycles. The molecule has 1 N–H and O–H groups in total. The van der Waals surface area contributed by atoms with Crippen molar-refractivity contribution in [3.05, 3.63) is 29.8 Å². The van der Waals surface area contributed by atoms with Gasteiger partial charge in [-0.2, -0.15) is 0 Å². The summed E-state index contributed by atoms with van der Waals surface area (Å²) in [6.07, 6.45) is 9.00. The number of benzene rings is 1. The van der Waals surface area contributed by atoms with Crippen LogP contribution < -0.4 is 10.1 Å². The van der Waals surface area contributed by atoms with E-state index < -0.39 is 0 Å². The van der Waals surface area contributed by atoms with Gasteiger partial charge in [-0.1, -0.05) is 32.4 Å². The quantitative estimate of drug-likeness (QED) is 0.799. The highest BCUT2D eigenvalue weighted by Gasteiger charge is 2.22. The largest absolute Gasteiger partial charge is 0.490 e. The minimum atomic E-state index is 0.384. The summed E-state index contributed by atoms with van der Waals surface area (Å²) in [6, 6.07) is 9.36. The molecule has 1 aliphatic rings. The van der Waals surface area contributed by atoms with E-state index in [1.54, 1.807) is 0 Å². The zero-order valence-electron chi connectivity index (χ0n) is 13.0. The molecule has 0 radical (unpaired) electrons. The van der Waals surface area contributed by atoms with Gasteiger partial charge in [0.25, 0.3) is 0 Å². The molecule has 112 valence electrons. The third-order valence-electron chi connectivity index (χ3n) is 4.16. The van der Waals surface area contributed by atoms with Gasteiger partial charge in [0.1, 0.15) is 11.9 Å². The normalized spacial score (nSPS) is 22.7. The molecule has 1 aliphatic carbocycles. The smallest absolute Gasteiger partial charge is 0.119 e. The molecule has 1 saturated carbocycles. The van der Waals surface area contributed by atoms with Gasteiger partial charge in [0.15, 0.2) is 0 Å². The van der Waals surface area contributed by atoms with Gasteiger partial charge in [-0.05, 0) is 62.8 Å². The number of hydrogen-bond acceptors (Lipinski definition) is 2. The SMILES string of the molecule is CCCCc1ccc(OC2CCCC(NCC)C2)cc1. The molecule has 0 amide bonds. The van der Waals surface area contributed by atoms with Crippen molar-refractivity contribution < 1.29 is 4.74 Å². The molecular formula is C18H29NO. The maximum atomic E-state index is 6.15. The van der Waals surface area contributed by atoms with Crippen molar-refractivity contribution >= 4 is 0 Å². The van der Waals surface area contributed by atoms with Crippen LogP contribution in [0.15, 0.2) is 24.3 Å². The van der Waals surface area contributed by atoms with Crippen molar-refractivity contribution in [3.8, 4) is 5.75 Å². The second kappa shape index (κ2) is 8.31. The van der Waals surface area contributed by atoms with Gasteiger partial charge in [0.2, 0.25) is 0 Å². The van der Waals surface area contributed by atoms with Crippen LogP contribution in [0.5, 0.6) is 5.75 Å². The lowest BCUT2D eigenvalue weighted by Crippen LogP contribution is -2.37. The molecule has 1 fully saturated rings. The van der Waals surface area contributed by atoms with E-state index in [0.717, 1.165) is 18.7 Å². The lowest BCUT2D eigenvalue weighted by atomic mass is 9.93.